The number of nitrogens with one attached hydrogen (secondary N) is 2. The fourth-order valence-corrected chi connectivity index (χ4v) is 2.71. The van der Waals surface area contributed by atoms with Gasteiger partial charge in [-0.15, -0.1) is 0 Å². The number of piperidine rings is 1. The van der Waals surface area contributed by atoms with Gasteiger partial charge in [0.15, 0.2) is 0 Å². The number of hydrogen-bond donors (Lipinski definition) is 2. The third-order valence-corrected chi connectivity index (χ3v) is 4.16. The van der Waals surface area contributed by atoms with E-state index in [0.29, 0.717) is 6.61 Å². The number of ether oxygens (including phenoxy) is 1. The van der Waals surface area contributed by atoms with Crippen LogP contribution in [-0.4, -0.2) is 24.6 Å². The fraction of sp³-hybridized carbons (Fsp3) is 0.588. The van der Waals surface area contributed by atoms with E-state index in [9.17, 15) is 4.79 Å². The number of hydrogen-bond acceptors (Lipinski definition) is 3. The first-order chi connectivity index (χ1) is 10.0. The van der Waals surface area contributed by atoms with Crippen molar-refractivity contribution in [3.63, 3.8) is 0 Å². The van der Waals surface area contributed by atoms with Crippen molar-refractivity contribution in [2.45, 2.75) is 51.6 Å². The van der Waals surface area contributed by atoms with Gasteiger partial charge >= 0.3 is 0 Å². The number of amides is 1. The second kappa shape index (κ2) is 6.94. The Hall–Kier alpha value is -1.55. The van der Waals surface area contributed by atoms with Crippen LogP contribution in [0, 0.1) is 0 Å². The van der Waals surface area contributed by atoms with Crippen molar-refractivity contribution in [1.82, 2.24) is 10.6 Å². The first-order valence-corrected chi connectivity index (χ1v) is 7.84. The molecule has 1 aliphatic rings. The van der Waals surface area contributed by atoms with Gasteiger partial charge in [-0.25, -0.2) is 0 Å². The fourth-order valence-electron chi connectivity index (χ4n) is 2.71. The Morgan fingerprint density at radius 1 is 1.38 bits per heavy atom. The Balaban J connectivity index is 1.96. The van der Waals surface area contributed by atoms with Gasteiger partial charge in [-0.2, -0.15) is 0 Å². The lowest BCUT2D eigenvalue weighted by Crippen LogP contribution is -2.57. The lowest BCUT2D eigenvalue weighted by molar-refractivity contribution is -0.128. The van der Waals surface area contributed by atoms with E-state index in [-0.39, 0.29) is 11.9 Å². The zero-order chi connectivity index (χ0) is 15.3. The van der Waals surface area contributed by atoms with E-state index in [2.05, 4.69) is 10.6 Å². The molecule has 1 saturated heterocycles. The second-order valence-electron chi connectivity index (χ2n) is 5.91. The third kappa shape index (κ3) is 3.97. The highest BCUT2D eigenvalue weighted by molar-refractivity contribution is 5.86. The molecule has 2 rings (SSSR count). The number of carbonyl (C=O) groups excluding carboxylic acids is 1. The molecule has 1 fully saturated rings. The largest absolute Gasteiger partial charge is 0.494 e. The van der Waals surface area contributed by atoms with Gasteiger partial charge in [0.05, 0.1) is 18.2 Å². The second-order valence-corrected chi connectivity index (χ2v) is 5.91. The topological polar surface area (TPSA) is 50.4 Å². The maximum atomic E-state index is 12.5. The molecule has 0 aliphatic carbocycles. The van der Waals surface area contributed by atoms with Crippen molar-refractivity contribution in [2.24, 2.45) is 0 Å². The summed E-state index contributed by atoms with van der Waals surface area (Å²) in [6.07, 6.45) is 3.15. The van der Waals surface area contributed by atoms with Crippen molar-refractivity contribution >= 4 is 5.91 Å². The number of carbonyl (C=O) groups is 1. The van der Waals surface area contributed by atoms with Crippen molar-refractivity contribution in [3.8, 4) is 5.75 Å². The highest BCUT2D eigenvalue weighted by Gasteiger charge is 2.34. The average Bonchev–Trinajstić information content (AvgIpc) is 2.49. The van der Waals surface area contributed by atoms with Gasteiger partial charge in [-0.1, -0.05) is 12.1 Å². The van der Waals surface area contributed by atoms with Gasteiger partial charge in [0, 0.05) is 0 Å². The molecule has 1 aromatic carbocycles. The molecule has 0 radical (unpaired) electrons. The molecule has 4 heteroatoms. The van der Waals surface area contributed by atoms with E-state index in [4.69, 9.17) is 4.74 Å². The first kappa shape index (κ1) is 15.8. The Morgan fingerprint density at radius 3 is 2.67 bits per heavy atom. The van der Waals surface area contributed by atoms with Crippen LogP contribution in [0.15, 0.2) is 24.3 Å². The Bertz CT molecular complexity index is 464. The van der Waals surface area contributed by atoms with Gasteiger partial charge in [0.1, 0.15) is 5.75 Å². The lowest BCUT2D eigenvalue weighted by atomic mass is 9.89. The number of rotatable bonds is 5. The minimum Gasteiger partial charge on any atom is -0.494 e. The smallest absolute Gasteiger partial charge is 0.240 e. The Labute approximate surface area is 127 Å². The molecule has 0 bridgehead atoms. The normalized spacial score (nSPS) is 23.4. The van der Waals surface area contributed by atoms with E-state index in [1.165, 1.54) is 0 Å². The summed E-state index contributed by atoms with van der Waals surface area (Å²) in [6.45, 7) is 7.55. The third-order valence-electron chi connectivity index (χ3n) is 4.16. The summed E-state index contributed by atoms with van der Waals surface area (Å²) >= 11 is 0. The lowest BCUT2D eigenvalue weighted by Gasteiger charge is -2.34. The van der Waals surface area contributed by atoms with Crippen LogP contribution in [0.3, 0.4) is 0 Å². The highest BCUT2D eigenvalue weighted by Crippen LogP contribution is 2.22. The maximum Gasteiger partial charge on any atom is 0.240 e. The average molecular weight is 290 g/mol. The van der Waals surface area contributed by atoms with Crippen molar-refractivity contribution in [1.29, 1.82) is 0 Å². The molecular formula is C17H26N2O2. The SMILES string of the molecule is CCOc1ccc(C(C)NC(=O)C2(C)CCCCN2)cc1. The first-order valence-electron chi connectivity index (χ1n) is 7.84. The minimum atomic E-state index is -0.433. The summed E-state index contributed by atoms with van der Waals surface area (Å²) < 4.78 is 5.44. The molecule has 21 heavy (non-hydrogen) atoms. The molecule has 1 heterocycles. The summed E-state index contributed by atoms with van der Waals surface area (Å²) in [5.74, 6) is 0.948. The molecule has 2 atom stereocenters. The molecule has 1 amide bonds. The van der Waals surface area contributed by atoms with Crippen molar-refractivity contribution in [3.05, 3.63) is 29.8 Å². The van der Waals surface area contributed by atoms with Crippen LogP contribution in [0.5, 0.6) is 5.75 Å². The molecule has 0 saturated carbocycles. The van der Waals surface area contributed by atoms with Crippen molar-refractivity contribution < 1.29 is 9.53 Å². The predicted octanol–water partition coefficient (Wildman–Crippen LogP) is 2.79. The summed E-state index contributed by atoms with van der Waals surface area (Å²) in [5.41, 5.74) is 0.656. The molecule has 4 nitrogen and oxygen atoms in total. The molecule has 1 aliphatic heterocycles. The monoisotopic (exact) mass is 290 g/mol. The summed E-state index contributed by atoms with van der Waals surface area (Å²) in [5, 5.41) is 6.46. The van der Waals surface area contributed by atoms with Gasteiger partial charge in [0.25, 0.3) is 0 Å². The van der Waals surface area contributed by atoms with Crippen LogP contribution in [0.2, 0.25) is 0 Å². The quantitative estimate of drug-likeness (QED) is 0.876. The van der Waals surface area contributed by atoms with E-state index in [1.807, 2.05) is 45.0 Å². The summed E-state index contributed by atoms with van der Waals surface area (Å²) in [7, 11) is 0. The van der Waals surface area contributed by atoms with Gasteiger partial charge < -0.3 is 15.4 Å². The molecule has 0 spiro atoms. The highest BCUT2D eigenvalue weighted by atomic mass is 16.5. The standard InChI is InChI=1S/C17H26N2O2/c1-4-21-15-9-7-14(8-10-15)13(2)19-16(20)17(3)11-5-6-12-18-17/h7-10,13,18H,4-6,11-12H2,1-3H3,(H,19,20). The molecule has 1 aromatic rings. The van der Waals surface area contributed by atoms with Crippen molar-refractivity contribution in [2.75, 3.05) is 13.2 Å². The Kier molecular flexibility index (Phi) is 5.23. The van der Waals surface area contributed by atoms with E-state index in [0.717, 1.165) is 37.1 Å². The molecule has 2 N–H and O–H groups in total. The van der Waals surface area contributed by atoms with E-state index in [1.54, 1.807) is 0 Å². The van der Waals surface area contributed by atoms with E-state index >= 15 is 0 Å². The number of benzene rings is 1. The summed E-state index contributed by atoms with van der Waals surface area (Å²) in [6, 6.07) is 7.90. The van der Waals surface area contributed by atoms with Crippen LogP contribution in [0.4, 0.5) is 0 Å². The Morgan fingerprint density at radius 2 is 2.10 bits per heavy atom. The van der Waals surface area contributed by atoms with Gasteiger partial charge in [0.2, 0.25) is 5.91 Å². The zero-order valence-corrected chi connectivity index (χ0v) is 13.2. The van der Waals surface area contributed by atoms with E-state index < -0.39 is 5.54 Å². The molecule has 2 unspecified atom stereocenters. The molecular weight excluding hydrogens is 264 g/mol. The minimum absolute atomic E-state index is 0.00581. The summed E-state index contributed by atoms with van der Waals surface area (Å²) in [4.78, 5) is 12.5. The molecule has 0 aromatic heterocycles. The van der Waals surface area contributed by atoms with Crippen LogP contribution >= 0.6 is 0 Å². The van der Waals surface area contributed by atoms with Crippen LogP contribution < -0.4 is 15.4 Å². The van der Waals surface area contributed by atoms with Crippen LogP contribution in [0.25, 0.3) is 0 Å². The van der Waals surface area contributed by atoms with Crippen LogP contribution in [-0.2, 0) is 4.79 Å². The zero-order valence-electron chi connectivity index (χ0n) is 13.2. The van der Waals surface area contributed by atoms with Gasteiger partial charge in [-0.05, 0) is 64.3 Å². The van der Waals surface area contributed by atoms with Gasteiger partial charge in [-0.3, -0.25) is 4.79 Å². The van der Waals surface area contributed by atoms with Crippen LogP contribution in [0.1, 0.15) is 51.6 Å². The predicted molar refractivity (Wildman–Crippen MR) is 84.4 cm³/mol. The maximum absolute atomic E-state index is 12.5. The molecule has 116 valence electrons.